The molecule has 0 aromatic carbocycles. The molecule has 1 aromatic rings. The van der Waals surface area contributed by atoms with Crippen LogP contribution in [0.25, 0.3) is 0 Å². The Hall–Kier alpha value is -1.58. The molecule has 0 atom stereocenters. The van der Waals surface area contributed by atoms with E-state index in [9.17, 15) is 4.79 Å². The van der Waals surface area contributed by atoms with Gasteiger partial charge in [-0.25, -0.2) is 9.78 Å². The molecule has 0 aliphatic heterocycles. The maximum absolute atomic E-state index is 11.7. The lowest BCUT2D eigenvalue weighted by molar-refractivity contribution is 0.0601. The zero-order valence-corrected chi connectivity index (χ0v) is 13.0. The highest BCUT2D eigenvalue weighted by Crippen LogP contribution is 2.25. The molecule has 0 amide bonds. The average molecular weight is 278 g/mol. The van der Waals surface area contributed by atoms with Crippen molar-refractivity contribution in [1.29, 1.82) is 0 Å². The van der Waals surface area contributed by atoms with Crippen molar-refractivity contribution in [1.82, 2.24) is 4.98 Å². The van der Waals surface area contributed by atoms with Crippen LogP contribution >= 0.6 is 0 Å². The Morgan fingerprint density at radius 3 is 2.80 bits per heavy atom. The second kappa shape index (κ2) is 7.88. The molecule has 0 aliphatic rings. The van der Waals surface area contributed by atoms with Crippen LogP contribution in [0.1, 0.15) is 56.8 Å². The van der Waals surface area contributed by atoms with Crippen LogP contribution in [0.15, 0.2) is 18.3 Å². The molecule has 1 aromatic heterocycles. The molecule has 0 spiro atoms. The van der Waals surface area contributed by atoms with Crippen LogP contribution in [0.5, 0.6) is 0 Å². The van der Waals surface area contributed by atoms with Gasteiger partial charge in [0.05, 0.1) is 7.11 Å². The minimum Gasteiger partial charge on any atom is -0.465 e. The molecule has 0 saturated carbocycles. The Morgan fingerprint density at radius 2 is 2.15 bits per heavy atom. The number of carbonyl (C=O) groups is 1. The van der Waals surface area contributed by atoms with Gasteiger partial charge in [0.2, 0.25) is 0 Å². The van der Waals surface area contributed by atoms with Crippen molar-refractivity contribution in [3.63, 3.8) is 0 Å². The summed E-state index contributed by atoms with van der Waals surface area (Å²) in [5.74, 6) is 0.243. The lowest BCUT2D eigenvalue weighted by Crippen LogP contribution is -2.24. The first-order valence-corrected chi connectivity index (χ1v) is 7.27. The maximum Gasteiger partial charge on any atom is 0.341 e. The molecule has 0 radical (unpaired) electrons. The monoisotopic (exact) mass is 278 g/mol. The summed E-state index contributed by atoms with van der Waals surface area (Å²) in [5.41, 5.74) is 0.666. The van der Waals surface area contributed by atoms with E-state index in [0.717, 1.165) is 13.0 Å². The number of nitrogens with one attached hydrogen (secondary N) is 1. The summed E-state index contributed by atoms with van der Waals surface area (Å²) in [4.78, 5) is 15.9. The summed E-state index contributed by atoms with van der Waals surface area (Å²) in [7, 11) is 1.38. The van der Waals surface area contributed by atoms with Gasteiger partial charge < -0.3 is 10.1 Å². The van der Waals surface area contributed by atoms with E-state index in [1.165, 1.54) is 26.4 Å². The van der Waals surface area contributed by atoms with Crippen LogP contribution in [0.2, 0.25) is 0 Å². The molecule has 0 bridgehead atoms. The van der Waals surface area contributed by atoms with Crippen molar-refractivity contribution in [3.8, 4) is 0 Å². The van der Waals surface area contributed by atoms with E-state index in [1.807, 2.05) is 0 Å². The molecule has 0 aliphatic carbocycles. The Labute approximate surface area is 121 Å². The third-order valence-corrected chi connectivity index (χ3v) is 3.40. The molecule has 20 heavy (non-hydrogen) atoms. The fraction of sp³-hybridized carbons (Fsp3) is 0.625. The fourth-order valence-corrected chi connectivity index (χ4v) is 2.09. The fourth-order valence-electron chi connectivity index (χ4n) is 2.09. The van der Waals surface area contributed by atoms with Crippen LogP contribution in [0.4, 0.5) is 5.82 Å². The number of hydrogen-bond acceptors (Lipinski definition) is 4. The predicted octanol–water partition coefficient (Wildman–Crippen LogP) is 3.89. The molecule has 1 heterocycles. The highest BCUT2D eigenvalue weighted by molar-refractivity contribution is 5.94. The number of pyridine rings is 1. The van der Waals surface area contributed by atoms with E-state index < -0.39 is 0 Å². The number of anilines is 1. The normalized spacial score (nSPS) is 11.2. The van der Waals surface area contributed by atoms with Crippen molar-refractivity contribution < 1.29 is 9.53 Å². The molecule has 1 N–H and O–H groups in total. The highest BCUT2D eigenvalue weighted by atomic mass is 16.5. The Kier molecular flexibility index (Phi) is 6.49. The van der Waals surface area contributed by atoms with Crippen LogP contribution in [0.3, 0.4) is 0 Å². The van der Waals surface area contributed by atoms with E-state index in [-0.39, 0.29) is 11.4 Å². The molecule has 0 fully saturated rings. The van der Waals surface area contributed by atoms with E-state index in [4.69, 9.17) is 4.74 Å². The number of ether oxygens (including phenoxy) is 1. The van der Waals surface area contributed by atoms with Gasteiger partial charge in [-0.3, -0.25) is 0 Å². The van der Waals surface area contributed by atoms with Crippen molar-refractivity contribution in [2.75, 3.05) is 19.0 Å². The van der Waals surface area contributed by atoms with E-state index >= 15 is 0 Å². The first-order valence-electron chi connectivity index (χ1n) is 7.27. The van der Waals surface area contributed by atoms with Gasteiger partial charge in [-0.2, -0.15) is 0 Å². The van der Waals surface area contributed by atoms with E-state index in [1.54, 1.807) is 18.3 Å². The van der Waals surface area contributed by atoms with Crippen LogP contribution in [-0.2, 0) is 4.74 Å². The number of methoxy groups -OCH3 is 1. The molecular weight excluding hydrogens is 252 g/mol. The lowest BCUT2D eigenvalue weighted by Gasteiger charge is -2.25. The molecule has 4 heteroatoms. The Balaban J connectivity index is 2.63. The average Bonchev–Trinajstić information content (AvgIpc) is 2.45. The standard InChI is InChI=1S/C16H26N2O2/c1-5-6-7-10-16(2,3)12-18-14-13(15(19)20-4)9-8-11-17-14/h8-9,11H,5-7,10,12H2,1-4H3,(H,17,18). The number of carbonyl (C=O) groups excluding carboxylic acids is 1. The van der Waals surface area contributed by atoms with Crippen LogP contribution < -0.4 is 5.32 Å². The van der Waals surface area contributed by atoms with Gasteiger partial charge in [-0.1, -0.05) is 40.0 Å². The first-order chi connectivity index (χ1) is 9.50. The van der Waals surface area contributed by atoms with Crippen LogP contribution in [0, 0.1) is 5.41 Å². The Morgan fingerprint density at radius 1 is 1.40 bits per heavy atom. The number of esters is 1. The number of aromatic nitrogens is 1. The minimum absolute atomic E-state index is 0.181. The van der Waals surface area contributed by atoms with Gasteiger partial charge >= 0.3 is 5.97 Å². The van der Waals surface area contributed by atoms with Crippen molar-refractivity contribution in [2.24, 2.45) is 5.41 Å². The summed E-state index contributed by atoms with van der Waals surface area (Å²) in [6, 6.07) is 3.47. The Bertz CT molecular complexity index is 430. The largest absolute Gasteiger partial charge is 0.465 e. The molecule has 0 unspecified atom stereocenters. The van der Waals surface area contributed by atoms with Gasteiger partial charge in [0.1, 0.15) is 11.4 Å². The first kappa shape index (κ1) is 16.5. The predicted molar refractivity (Wildman–Crippen MR) is 82.0 cm³/mol. The third-order valence-electron chi connectivity index (χ3n) is 3.40. The smallest absolute Gasteiger partial charge is 0.341 e. The number of rotatable bonds is 8. The molecule has 1 rings (SSSR count). The third kappa shape index (κ3) is 5.19. The van der Waals surface area contributed by atoms with Gasteiger partial charge in [-0.15, -0.1) is 0 Å². The van der Waals surface area contributed by atoms with Gasteiger partial charge in [0.25, 0.3) is 0 Å². The lowest BCUT2D eigenvalue weighted by atomic mass is 9.87. The highest BCUT2D eigenvalue weighted by Gasteiger charge is 2.19. The van der Waals surface area contributed by atoms with Crippen molar-refractivity contribution in [2.45, 2.75) is 46.5 Å². The van der Waals surface area contributed by atoms with Gasteiger partial charge in [0.15, 0.2) is 0 Å². The van der Waals surface area contributed by atoms with Crippen LogP contribution in [-0.4, -0.2) is 24.6 Å². The second-order valence-corrected chi connectivity index (χ2v) is 5.87. The quantitative estimate of drug-likeness (QED) is 0.579. The minimum atomic E-state index is -0.357. The summed E-state index contributed by atoms with van der Waals surface area (Å²) < 4.78 is 4.77. The number of unbranched alkanes of at least 4 members (excludes halogenated alkanes) is 2. The molecule has 0 saturated heterocycles. The molecule has 112 valence electrons. The molecular formula is C16H26N2O2. The maximum atomic E-state index is 11.7. The molecule has 4 nitrogen and oxygen atoms in total. The van der Waals surface area contributed by atoms with E-state index in [0.29, 0.717) is 11.4 Å². The number of hydrogen-bond donors (Lipinski definition) is 1. The zero-order chi connectivity index (χ0) is 15.0. The summed E-state index contributed by atoms with van der Waals surface area (Å²) in [6.07, 6.45) is 6.57. The van der Waals surface area contributed by atoms with Crippen molar-refractivity contribution >= 4 is 11.8 Å². The van der Waals surface area contributed by atoms with Gasteiger partial charge in [-0.05, 0) is 24.0 Å². The van der Waals surface area contributed by atoms with Gasteiger partial charge in [0, 0.05) is 12.7 Å². The number of nitrogens with zero attached hydrogens (tertiary/aromatic N) is 1. The summed E-state index contributed by atoms with van der Waals surface area (Å²) in [6.45, 7) is 7.46. The van der Waals surface area contributed by atoms with Crippen molar-refractivity contribution in [3.05, 3.63) is 23.9 Å². The van der Waals surface area contributed by atoms with E-state index in [2.05, 4.69) is 31.1 Å². The SMILES string of the molecule is CCCCCC(C)(C)CNc1ncccc1C(=O)OC. The summed E-state index contributed by atoms with van der Waals surface area (Å²) >= 11 is 0. The zero-order valence-electron chi connectivity index (χ0n) is 13.0. The summed E-state index contributed by atoms with van der Waals surface area (Å²) in [5, 5.41) is 3.28. The topological polar surface area (TPSA) is 51.2 Å². The second-order valence-electron chi connectivity index (χ2n) is 5.87.